The molecule has 0 aromatic carbocycles. The van der Waals surface area contributed by atoms with Crippen molar-refractivity contribution in [1.29, 1.82) is 0 Å². The highest BCUT2D eigenvalue weighted by molar-refractivity contribution is 5.40. The van der Waals surface area contributed by atoms with Crippen LogP contribution in [0, 0.1) is 11.3 Å². The lowest BCUT2D eigenvalue weighted by Gasteiger charge is -2.35. The highest BCUT2D eigenvalue weighted by Crippen LogP contribution is 2.44. The Hall–Kier alpha value is -0.980. The molecule has 2 aliphatic carbocycles. The highest BCUT2D eigenvalue weighted by atomic mass is 14.6. The van der Waals surface area contributed by atoms with Gasteiger partial charge in [-0.25, -0.2) is 0 Å². The van der Waals surface area contributed by atoms with Crippen molar-refractivity contribution in [2.24, 2.45) is 17.1 Å². The topological polar surface area (TPSA) is 26.0 Å². The Morgan fingerprint density at radius 1 is 1.27 bits per heavy atom. The van der Waals surface area contributed by atoms with Gasteiger partial charge in [-0.3, -0.25) is 0 Å². The second-order valence-corrected chi connectivity index (χ2v) is 5.53. The predicted octanol–water partition coefficient (Wildman–Crippen LogP) is 3.54. The van der Waals surface area contributed by atoms with E-state index >= 15 is 0 Å². The lowest BCUT2D eigenvalue weighted by Crippen LogP contribution is -2.28. The summed E-state index contributed by atoms with van der Waals surface area (Å²) < 4.78 is 0. The summed E-state index contributed by atoms with van der Waals surface area (Å²) in [5, 5.41) is 0. The van der Waals surface area contributed by atoms with Gasteiger partial charge in [-0.2, -0.15) is 0 Å². The van der Waals surface area contributed by atoms with Crippen LogP contribution in [0.3, 0.4) is 0 Å². The van der Waals surface area contributed by atoms with Gasteiger partial charge in [-0.15, -0.1) is 0 Å². The number of hydrogen-bond donors (Lipinski definition) is 1. The van der Waals surface area contributed by atoms with E-state index in [1.807, 2.05) is 0 Å². The van der Waals surface area contributed by atoms with Crippen LogP contribution in [0.4, 0.5) is 0 Å². The zero-order valence-electron chi connectivity index (χ0n) is 10.2. The van der Waals surface area contributed by atoms with Crippen LogP contribution in [-0.2, 0) is 0 Å². The fourth-order valence-corrected chi connectivity index (χ4v) is 2.42. The van der Waals surface area contributed by atoms with Crippen molar-refractivity contribution in [2.75, 3.05) is 0 Å². The minimum atomic E-state index is 0.170. The average Bonchev–Trinajstić information content (AvgIpc) is 2.92. The third-order valence-corrected chi connectivity index (χ3v) is 3.67. The smallest absolute Gasteiger partial charge is 0.0255 e. The maximum Gasteiger partial charge on any atom is 0.0255 e. The van der Waals surface area contributed by atoms with Gasteiger partial charge in [0.1, 0.15) is 0 Å². The molecule has 0 radical (unpaired) electrons. The maximum absolute atomic E-state index is 6.24. The fraction of sp³-hybridized carbons (Fsp3) is 0.571. The summed E-state index contributed by atoms with van der Waals surface area (Å²) in [6.45, 7) is 8.92. The van der Waals surface area contributed by atoms with Gasteiger partial charge in [-0.1, -0.05) is 42.7 Å². The van der Waals surface area contributed by atoms with Crippen LogP contribution in [0.25, 0.3) is 0 Å². The van der Waals surface area contributed by atoms with Crippen molar-refractivity contribution in [3.8, 4) is 0 Å². The van der Waals surface area contributed by atoms with Crippen LogP contribution >= 0.6 is 0 Å². The van der Waals surface area contributed by atoms with Crippen LogP contribution in [0.1, 0.15) is 40.5 Å². The lowest BCUT2D eigenvalue weighted by atomic mass is 9.71. The Morgan fingerprint density at radius 2 is 1.87 bits per heavy atom. The van der Waals surface area contributed by atoms with Gasteiger partial charge in [0.2, 0.25) is 0 Å². The molecule has 1 heteroatoms. The van der Waals surface area contributed by atoms with Crippen LogP contribution in [0.2, 0.25) is 0 Å². The molecule has 0 aromatic rings. The SMILES string of the molecule is CC1=CC(C(N)=C2CC2)C(C)(C)C=C1C. The first-order valence-corrected chi connectivity index (χ1v) is 5.77. The first kappa shape index (κ1) is 10.5. The molecule has 2 rings (SSSR count). The molecule has 0 saturated heterocycles. The van der Waals surface area contributed by atoms with Crippen LogP contribution < -0.4 is 5.73 Å². The first-order valence-electron chi connectivity index (χ1n) is 5.77. The average molecular weight is 203 g/mol. The normalized spacial score (nSPS) is 28.3. The highest BCUT2D eigenvalue weighted by Gasteiger charge is 2.33. The lowest BCUT2D eigenvalue weighted by molar-refractivity contribution is 0.373. The summed E-state index contributed by atoms with van der Waals surface area (Å²) in [5.41, 5.74) is 11.8. The van der Waals surface area contributed by atoms with E-state index < -0.39 is 0 Å². The van der Waals surface area contributed by atoms with Crippen molar-refractivity contribution in [3.05, 3.63) is 34.6 Å². The van der Waals surface area contributed by atoms with E-state index in [4.69, 9.17) is 5.73 Å². The molecule has 1 nitrogen and oxygen atoms in total. The molecule has 1 fully saturated rings. The maximum atomic E-state index is 6.24. The van der Waals surface area contributed by atoms with Gasteiger partial charge in [0.25, 0.3) is 0 Å². The largest absolute Gasteiger partial charge is 0.402 e. The number of nitrogens with two attached hydrogens (primary N) is 1. The van der Waals surface area contributed by atoms with Crippen LogP contribution in [0.5, 0.6) is 0 Å². The van der Waals surface area contributed by atoms with Gasteiger partial charge in [0.05, 0.1) is 0 Å². The summed E-state index contributed by atoms with van der Waals surface area (Å²) in [6.07, 6.45) is 7.14. The Morgan fingerprint density at radius 3 is 2.40 bits per heavy atom. The summed E-state index contributed by atoms with van der Waals surface area (Å²) in [4.78, 5) is 0. The van der Waals surface area contributed by atoms with Crippen molar-refractivity contribution >= 4 is 0 Å². The molecule has 0 amide bonds. The Balaban J connectivity index is 2.37. The quantitative estimate of drug-likeness (QED) is 0.693. The third-order valence-electron chi connectivity index (χ3n) is 3.67. The van der Waals surface area contributed by atoms with Crippen molar-refractivity contribution < 1.29 is 0 Å². The Bertz CT molecular complexity index is 374. The van der Waals surface area contributed by atoms with Gasteiger partial charge >= 0.3 is 0 Å². The van der Waals surface area contributed by atoms with E-state index in [1.54, 1.807) is 0 Å². The Kier molecular flexibility index (Phi) is 2.29. The molecule has 2 aliphatic rings. The van der Waals surface area contributed by atoms with E-state index in [1.165, 1.54) is 29.6 Å². The van der Waals surface area contributed by atoms with Gasteiger partial charge in [0.15, 0.2) is 0 Å². The summed E-state index contributed by atoms with van der Waals surface area (Å²) in [5.74, 6) is 0.402. The summed E-state index contributed by atoms with van der Waals surface area (Å²) >= 11 is 0. The predicted molar refractivity (Wildman–Crippen MR) is 65.2 cm³/mol. The van der Waals surface area contributed by atoms with Crippen molar-refractivity contribution in [3.63, 3.8) is 0 Å². The molecule has 82 valence electrons. The molecule has 0 spiro atoms. The summed E-state index contributed by atoms with van der Waals surface area (Å²) in [7, 11) is 0. The number of allylic oxidation sites excluding steroid dienone is 5. The van der Waals surface area contributed by atoms with Crippen LogP contribution in [0.15, 0.2) is 34.6 Å². The zero-order valence-corrected chi connectivity index (χ0v) is 10.2. The second-order valence-electron chi connectivity index (χ2n) is 5.53. The van der Waals surface area contributed by atoms with Gasteiger partial charge < -0.3 is 5.73 Å². The molecule has 1 atom stereocenters. The molecule has 1 unspecified atom stereocenters. The molecular formula is C14H21N. The van der Waals surface area contributed by atoms with Crippen molar-refractivity contribution in [2.45, 2.75) is 40.5 Å². The van der Waals surface area contributed by atoms with Crippen molar-refractivity contribution in [1.82, 2.24) is 0 Å². The number of rotatable bonds is 1. The second kappa shape index (κ2) is 3.26. The molecule has 2 N–H and O–H groups in total. The van der Waals surface area contributed by atoms with E-state index in [9.17, 15) is 0 Å². The summed E-state index contributed by atoms with van der Waals surface area (Å²) in [6, 6.07) is 0. The molecule has 1 saturated carbocycles. The van der Waals surface area contributed by atoms with Crippen LogP contribution in [-0.4, -0.2) is 0 Å². The van der Waals surface area contributed by atoms with E-state index in [2.05, 4.69) is 39.8 Å². The minimum Gasteiger partial charge on any atom is -0.402 e. The van der Waals surface area contributed by atoms with Gasteiger partial charge in [0, 0.05) is 11.6 Å². The molecule has 0 heterocycles. The van der Waals surface area contributed by atoms with E-state index in [0.717, 1.165) is 5.70 Å². The Labute approximate surface area is 92.7 Å². The molecular weight excluding hydrogens is 182 g/mol. The van der Waals surface area contributed by atoms with E-state index in [-0.39, 0.29) is 5.41 Å². The standard InChI is InChI=1S/C14H21N/c1-9-7-12(13(15)11-5-6-11)14(3,4)8-10(9)2/h7-8,12H,5-6,15H2,1-4H3. The monoisotopic (exact) mass is 203 g/mol. The van der Waals surface area contributed by atoms with Gasteiger partial charge in [-0.05, 0) is 32.1 Å². The van der Waals surface area contributed by atoms with E-state index in [0.29, 0.717) is 5.92 Å². The zero-order chi connectivity index (χ0) is 11.2. The molecule has 15 heavy (non-hydrogen) atoms. The number of hydrogen-bond acceptors (Lipinski definition) is 1. The first-order chi connectivity index (χ1) is 6.92. The fourth-order valence-electron chi connectivity index (χ4n) is 2.42. The minimum absolute atomic E-state index is 0.170. The molecule has 0 aliphatic heterocycles. The third kappa shape index (κ3) is 1.88. The molecule has 0 bridgehead atoms. The molecule has 0 aromatic heterocycles.